The summed E-state index contributed by atoms with van der Waals surface area (Å²) in [7, 11) is 0. The van der Waals surface area contributed by atoms with Crippen molar-refractivity contribution < 1.29 is 0 Å². The van der Waals surface area contributed by atoms with Crippen LogP contribution in [0.3, 0.4) is 0 Å². The molecule has 15 heavy (non-hydrogen) atoms. The third kappa shape index (κ3) is 1.98. The summed E-state index contributed by atoms with van der Waals surface area (Å²) in [6.45, 7) is 4.45. The van der Waals surface area contributed by atoms with Gasteiger partial charge in [-0.05, 0) is 36.7 Å². The van der Waals surface area contributed by atoms with Crippen LogP contribution in [0, 0.1) is 5.92 Å². The molecule has 4 heteroatoms. The molecule has 0 N–H and O–H groups in total. The predicted molar refractivity (Wildman–Crippen MR) is 62.6 cm³/mol. The topological polar surface area (TPSA) is 25.8 Å². The molecule has 0 spiro atoms. The molecule has 0 aromatic carbocycles. The molecular weight excluding hydrogens is 231 g/mol. The van der Waals surface area contributed by atoms with Crippen molar-refractivity contribution in [1.29, 1.82) is 0 Å². The highest BCUT2D eigenvalue weighted by atomic mass is 35.5. The van der Waals surface area contributed by atoms with Crippen molar-refractivity contribution in [3.05, 3.63) is 21.4 Å². The van der Waals surface area contributed by atoms with Crippen LogP contribution in [0.2, 0.25) is 10.3 Å². The van der Waals surface area contributed by atoms with E-state index in [0.29, 0.717) is 22.1 Å². The minimum absolute atomic E-state index is 0.419. The molecule has 0 amide bonds. The number of hydrogen-bond acceptors (Lipinski definition) is 2. The molecule has 0 saturated heterocycles. The second-order valence-electron chi connectivity index (χ2n) is 4.33. The number of aromatic nitrogens is 2. The molecule has 0 radical (unpaired) electrons. The zero-order valence-corrected chi connectivity index (χ0v) is 10.4. The van der Waals surface area contributed by atoms with Gasteiger partial charge in [0.1, 0.15) is 0 Å². The van der Waals surface area contributed by atoms with Gasteiger partial charge >= 0.3 is 0 Å². The second kappa shape index (κ2) is 4.26. The summed E-state index contributed by atoms with van der Waals surface area (Å²) in [4.78, 5) is 0. The summed E-state index contributed by atoms with van der Waals surface area (Å²) >= 11 is 12.2. The molecule has 2 rings (SSSR count). The largest absolute Gasteiger partial charge is 0.155 e. The zero-order valence-electron chi connectivity index (χ0n) is 8.93. The monoisotopic (exact) mass is 244 g/mol. The van der Waals surface area contributed by atoms with Crippen LogP contribution in [0.15, 0.2) is 0 Å². The van der Waals surface area contributed by atoms with E-state index in [1.165, 1.54) is 6.42 Å². The summed E-state index contributed by atoms with van der Waals surface area (Å²) in [6, 6.07) is 0. The summed E-state index contributed by atoms with van der Waals surface area (Å²) in [5.74, 6) is 1.05. The summed E-state index contributed by atoms with van der Waals surface area (Å²) in [6.07, 6.45) is 3.33. The van der Waals surface area contributed by atoms with Crippen molar-refractivity contribution in [2.75, 3.05) is 0 Å². The molecule has 1 heterocycles. The van der Waals surface area contributed by atoms with Gasteiger partial charge in [0, 0.05) is 5.56 Å². The predicted octanol–water partition coefficient (Wildman–Crippen LogP) is 3.86. The Morgan fingerprint density at radius 1 is 1.13 bits per heavy atom. The zero-order chi connectivity index (χ0) is 11.0. The van der Waals surface area contributed by atoms with E-state index in [0.717, 1.165) is 24.0 Å². The number of nitrogens with zero attached hydrogens (tertiary/aromatic N) is 2. The highest BCUT2D eigenvalue weighted by molar-refractivity contribution is 6.32. The van der Waals surface area contributed by atoms with Crippen LogP contribution < -0.4 is 0 Å². The Labute approximate surface area is 100.0 Å². The Balaban J connectivity index is 2.57. The quantitative estimate of drug-likeness (QED) is 0.648. The molecule has 1 aromatic heterocycles. The molecule has 0 fully saturated rings. The lowest BCUT2D eigenvalue weighted by Gasteiger charge is -2.19. The molecule has 1 aliphatic rings. The van der Waals surface area contributed by atoms with Crippen LogP contribution in [0.5, 0.6) is 0 Å². The summed E-state index contributed by atoms with van der Waals surface area (Å²) in [5, 5.41) is 8.83. The standard InChI is InChI=1S/C11H14Cl2N2/c1-6-4-3-5-8-9(7(6)2)11(13)15-14-10(8)12/h6-7H,3-5H2,1-2H3. The van der Waals surface area contributed by atoms with Crippen LogP contribution in [-0.4, -0.2) is 10.2 Å². The Hall–Kier alpha value is -0.340. The molecule has 2 unspecified atom stereocenters. The van der Waals surface area contributed by atoms with Gasteiger partial charge in [-0.2, -0.15) is 0 Å². The minimum atomic E-state index is 0.419. The Morgan fingerprint density at radius 2 is 1.80 bits per heavy atom. The SMILES string of the molecule is CC1CCCc2c(Cl)nnc(Cl)c2C1C. The molecule has 82 valence electrons. The van der Waals surface area contributed by atoms with E-state index >= 15 is 0 Å². The maximum atomic E-state index is 6.11. The first-order valence-corrected chi connectivity index (χ1v) is 6.07. The van der Waals surface area contributed by atoms with Gasteiger partial charge in [0.25, 0.3) is 0 Å². The fourth-order valence-corrected chi connectivity index (χ4v) is 2.83. The van der Waals surface area contributed by atoms with Crippen molar-refractivity contribution in [1.82, 2.24) is 10.2 Å². The van der Waals surface area contributed by atoms with Gasteiger partial charge in [0.05, 0.1) is 0 Å². The van der Waals surface area contributed by atoms with Gasteiger partial charge in [0.2, 0.25) is 0 Å². The van der Waals surface area contributed by atoms with Crippen LogP contribution in [0.1, 0.15) is 43.7 Å². The first-order valence-electron chi connectivity index (χ1n) is 5.31. The van der Waals surface area contributed by atoms with E-state index in [1.54, 1.807) is 0 Å². The van der Waals surface area contributed by atoms with Crippen molar-refractivity contribution in [2.24, 2.45) is 5.92 Å². The average molecular weight is 245 g/mol. The van der Waals surface area contributed by atoms with Gasteiger partial charge in [0.15, 0.2) is 10.3 Å². The van der Waals surface area contributed by atoms with E-state index in [4.69, 9.17) is 23.2 Å². The van der Waals surface area contributed by atoms with E-state index in [9.17, 15) is 0 Å². The Morgan fingerprint density at radius 3 is 2.53 bits per heavy atom. The highest BCUT2D eigenvalue weighted by Gasteiger charge is 2.26. The van der Waals surface area contributed by atoms with Gasteiger partial charge in [-0.1, -0.05) is 37.0 Å². The maximum absolute atomic E-state index is 6.11. The Kier molecular flexibility index (Phi) is 3.17. The average Bonchev–Trinajstić information content (AvgIpc) is 2.35. The summed E-state index contributed by atoms with van der Waals surface area (Å²) in [5.41, 5.74) is 2.22. The first-order chi connectivity index (χ1) is 7.11. The first kappa shape index (κ1) is 11.2. The third-order valence-corrected chi connectivity index (χ3v) is 4.00. The van der Waals surface area contributed by atoms with Crippen LogP contribution >= 0.6 is 23.2 Å². The third-order valence-electron chi connectivity index (χ3n) is 3.42. The maximum Gasteiger partial charge on any atom is 0.155 e. The second-order valence-corrected chi connectivity index (χ2v) is 5.05. The van der Waals surface area contributed by atoms with E-state index in [2.05, 4.69) is 24.0 Å². The van der Waals surface area contributed by atoms with Crippen LogP contribution in [0.25, 0.3) is 0 Å². The molecule has 2 nitrogen and oxygen atoms in total. The van der Waals surface area contributed by atoms with E-state index in [1.807, 2.05) is 0 Å². The van der Waals surface area contributed by atoms with Gasteiger partial charge in [-0.25, -0.2) is 0 Å². The number of rotatable bonds is 0. The van der Waals surface area contributed by atoms with Crippen molar-refractivity contribution in [3.8, 4) is 0 Å². The smallest absolute Gasteiger partial charge is 0.137 e. The molecule has 0 bridgehead atoms. The highest BCUT2D eigenvalue weighted by Crippen LogP contribution is 2.39. The molecule has 2 atom stereocenters. The van der Waals surface area contributed by atoms with Gasteiger partial charge in [-0.15, -0.1) is 10.2 Å². The lowest BCUT2D eigenvalue weighted by molar-refractivity contribution is 0.455. The van der Waals surface area contributed by atoms with Gasteiger partial charge < -0.3 is 0 Å². The van der Waals surface area contributed by atoms with E-state index < -0.39 is 0 Å². The van der Waals surface area contributed by atoms with Crippen LogP contribution in [0.4, 0.5) is 0 Å². The van der Waals surface area contributed by atoms with Gasteiger partial charge in [-0.3, -0.25) is 0 Å². The fraction of sp³-hybridized carbons (Fsp3) is 0.636. The molecule has 0 aliphatic heterocycles. The number of halogens is 2. The molecular formula is C11H14Cl2N2. The molecule has 1 aromatic rings. The van der Waals surface area contributed by atoms with Crippen molar-refractivity contribution >= 4 is 23.2 Å². The lowest BCUT2D eigenvalue weighted by Crippen LogP contribution is -2.08. The molecule has 1 aliphatic carbocycles. The van der Waals surface area contributed by atoms with Crippen LogP contribution in [-0.2, 0) is 6.42 Å². The van der Waals surface area contributed by atoms with E-state index in [-0.39, 0.29) is 0 Å². The fourth-order valence-electron chi connectivity index (χ4n) is 2.27. The van der Waals surface area contributed by atoms with Crippen molar-refractivity contribution in [2.45, 2.75) is 39.0 Å². The lowest BCUT2D eigenvalue weighted by atomic mass is 9.88. The number of fused-ring (bicyclic) bond motifs is 1. The minimum Gasteiger partial charge on any atom is -0.137 e. The molecule has 0 saturated carbocycles. The normalized spacial score (nSPS) is 25.9. The number of hydrogen-bond donors (Lipinski definition) is 0. The Bertz CT molecular complexity index is 379. The van der Waals surface area contributed by atoms with Crippen molar-refractivity contribution in [3.63, 3.8) is 0 Å². The summed E-state index contributed by atoms with van der Waals surface area (Å²) < 4.78 is 0.